The van der Waals surface area contributed by atoms with Crippen molar-refractivity contribution in [3.8, 4) is 11.3 Å². The minimum Gasteiger partial charge on any atom is -0.388 e. The smallest absolute Gasteiger partial charge is 0.141 e. The maximum Gasteiger partial charge on any atom is 0.141 e. The molecule has 0 bridgehead atoms. The van der Waals surface area contributed by atoms with Gasteiger partial charge in [-0.1, -0.05) is 0 Å². The molecule has 0 unspecified atom stereocenters. The van der Waals surface area contributed by atoms with Gasteiger partial charge in [0.15, 0.2) is 0 Å². The maximum atomic E-state index is 13.8. The van der Waals surface area contributed by atoms with Crippen molar-refractivity contribution in [1.82, 2.24) is 19.9 Å². The Morgan fingerprint density at radius 3 is 2.80 bits per heavy atom. The summed E-state index contributed by atoms with van der Waals surface area (Å²) in [6.45, 7) is 0. The molecule has 4 aromatic rings. The maximum absolute atomic E-state index is 13.8. The number of nitrogens with one attached hydrogen (secondary N) is 3. The summed E-state index contributed by atoms with van der Waals surface area (Å²) < 4.78 is 13.8. The fraction of sp³-hybridized carbons (Fsp3) is 0.0556. The number of aromatic nitrogens is 4. The van der Waals surface area contributed by atoms with Crippen molar-refractivity contribution in [2.24, 2.45) is 0 Å². The van der Waals surface area contributed by atoms with Crippen LogP contribution in [-0.2, 0) is 0 Å². The topological polar surface area (TPSA) is 78.5 Å². The van der Waals surface area contributed by atoms with Gasteiger partial charge >= 0.3 is 0 Å². The fourth-order valence-electron chi connectivity index (χ4n) is 2.73. The molecule has 3 aromatic heterocycles. The third-order valence-corrected chi connectivity index (χ3v) is 3.87. The minimum atomic E-state index is -0.332. The molecule has 6 nitrogen and oxygen atoms in total. The lowest BCUT2D eigenvalue weighted by molar-refractivity contribution is 0.629. The monoisotopic (exact) mass is 334 g/mol. The van der Waals surface area contributed by atoms with Gasteiger partial charge < -0.3 is 15.6 Å². The SMILES string of the molecule is CNc1cc(F)cc(Nc2ncccc2-c2ncnc3[nH]ccc23)c1. The molecular formula is C18H15FN6. The highest BCUT2D eigenvalue weighted by atomic mass is 19.1. The highest BCUT2D eigenvalue weighted by Crippen LogP contribution is 2.31. The number of pyridine rings is 1. The van der Waals surface area contributed by atoms with Crippen LogP contribution in [0.5, 0.6) is 0 Å². The van der Waals surface area contributed by atoms with E-state index in [1.807, 2.05) is 30.5 Å². The van der Waals surface area contributed by atoms with E-state index < -0.39 is 0 Å². The van der Waals surface area contributed by atoms with Gasteiger partial charge in [-0.25, -0.2) is 19.3 Å². The van der Waals surface area contributed by atoms with Crippen LogP contribution in [-0.4, -0.2) is 27.0 Å². The van der Waals surface area contributed by atoms with E-state index in [0.717, 1.165) is 22.3 Å². The van der Waals surface area contributed by atoms with Crippen LogP contribution in [0.3, 0.4) is 0 Å². The predicted molar refractivity (Wildman–Crippen MR) is 96.3 cm³/mol. The second-order valence-corrected chi connectivity index (χ2v) is 5.47. The number of nitrogens with zero attached hydrogens (tertiary/aromatic N) is 3. The first-order chi connectivity index (χ1) is 12.2. The van der Waals surface area contributed by atoms with E-state index in [1.54, 1.807) is 13.2 Å². The Kier molecular flexibility index (Phi) is 3.74. The Balaban J connectivity index is 1.80. The summed E-state index contributed by atoms with van der Waals surface area (Å²) in [7, 11) is 1.74. The second kappa shape index (κ2) is 6.20. The quantitative estimate of drug-likeness (QED) is 0.527. The zero-order valence-electron chi connectivity index (χ0n) is 13.4. The molecule has 3 heterocycles. The van der Waals surface area contributed by atoms with Crippen molar-refractivity contribution in [2.45, 2.75) is 0 Å². The second-order valence-electron chi connectivity index (χ2n) is 5.47. The molecule has 25 heavy (non-hydrogen) atoms. The zero-order chi connectivity index (χ0) is 17.2. The number of hydrogen-bond donors (Lipinski definition) is 3. The number of H-pyrrole nitrogens is 1. The van der Waals surface area contributed by atoms with E-state index >= 15 is 0 Å². The van der Waals surface area contributed by atoms with E-state index in [9.17, 15) is 4.39 Å². The molecule has 0 aliphatic heterocycles. The third kappa shape index (κ3) is 2.87. The lowest BCUT2D eigenvalue weighted by atomic mass is 10.1. The molecule has 3 N–H and O–H groups in total. The largest absolute Gasteiger partial charge is 0.388 e. The van der Waals surface area contributed by atoms with Gasteiger partial charge in [-0.2, -0.15) is 0 Å². The van der Waals surface area contributed by atoms with Crippen LogP contribution in [0.15, 0.2) is 55.1 Å². The standard InChI is InChI=1S/C18H15FN6/c1-20-12-7-11(19)8-13(9-12)25-18-14(3-2-5-21-18)16-15-4-6-22-17(15)24-10-23-16/h2-10,20H,1H3,(H,21,25)(H,22,23,24). The van der Waals surface area contributed by atoms with Gasteiger partial charge in [-0.15, -0.1) is 0 Å². The summed E-state index contributed by atoms with van der Waals surface area (Å²) >= 11 is 0. The minimum absolute atomic E-state index is 0.332. The molecule has 124 valence electrons. The van der Waals surface area contributed by atoms with Crippen molar-refractivity contribution in [3.63, 3.8) is 0 Å². The lowest BCUT2D eigenvalue weighted by Crippen LogP contribution is -1.99. The van der Waals surface area contributed by atoms with Crippen LogP contribution in [0, 0.1) is 5.82 Å². The average molecular weight is 334 g/mol. The lowest BCUT2D eigenvalue weighted by Gasteiger charge is -2.12. The summed E-state index contributed by atoms with van der Waals surface area (Å²) in [5.74, 6) is 0.262. The summed E-state index contributed by atoms with van der Waals surface area (Å²) in [6, 6.07) is 10.3. The summed E-state index contributed by atoms with van der Waals surface area (Å²) in [5, 5.41) is 7.01. The van der Waals surface area contributed by atoms with Crippen molar-refractivity contribution in [3.05, 3.63) is 60.9 Å². The summed E-state index contributed by atoms with van der Waals surface area (Å²) in [5.41, 5.74) is 3.60. The molecule has 4 rings (SSSR count). The number of hydrogen-bond acceptors (Lipinski definition) is 5. The van der Waals surface area contributed by atoms with Crippen molar-refractivity contribution >= 4 is 28.2 Å². The number of benzene rings is 1. The Labute approximate surface area is 143 Å². The van der Waals surface area contributed by atoms with Gasteiger partial charge in [-0.05, 0) is 36.4 Å². The normalized spacial score (nSPS) is 10.8. The van der Waals surface area contributed by atoms with E-state index in [0.29, 0.717) is 17.2 Å². The third-order valence-electron chi connectivity index (χ3n) is 3.87. The fourth-order valence-corrected chi connectivity index (χ4v) is 2.73. The molecule has 0 fully saturated rings. The average Bonchev–Trinajstić information content (AvgIpc) is 3.10. The Morgan fingerprint density at radius 2 is 1.92 bits per heavy atom. The number of fused-ring (bicyclic) bond motifs is 1. The molecule has 0 aliphatic rings. The molecule has 0 radical (unpaired) electrons. The Morgan fingerprint density at radius 1 is 1.04 bits per heavy atom. The molecular weight excluding hydrogens is 319 g/mol. The van der Waals surface area contributed by atoms with Crippen LogP contribution in [0.1, 0.15) is 0 Å². The first-order valence-corrected chi connectivity index (χ1v) is 7.73. The van der Waals surface area contributed by atoms with Gasteiger partial charge in [0.05, 0.1) is 5.69 Å². The van der Waals surface area contributed by atoms with Crippen molar-refractivity contribution in [2.75, 3.05) is 17.7 Å². The molecule has 0 spiro atoms. The van der Waals surface area contributed by atoms with Gasteiger partial charge in [0.1, 0.15) is 23.6 Å². The predicted octanol–water partition coefficient (Wildman–Crippen LogP) is 3.94. The first kappa shape index (κ1) is 15.1. The van der Waals surface area contributed by atoms with Crippen LogP contribution < -0.4 is 10.6 Å². The zero-order valence-corrected chi connectivity index (χ0v) is 13.4. The number of halogens is 1. The van der Waals surface area contributed by atoms with Gasteiger partial charge in [0.2, 0.25) is 0 Å². The van der Waals surface area contributed by atoms with E-state index in [4.69, 9.17) is 0 Å². The number of rotatable bonds is 4. The highest BCUT2D eigenvalue weighted by molar-refractivity contribution is 5.94. The van der Waals surface area contributed by atoms with Crippen molar-refractivity contribution in [1.29, 1.82) is 0 Å². The van der Waals surface area contributed by atoms with Crippen molar-refractivity contribution < 1.29 is 4.39 Å². The molecule has 0 saturated carbocycles. The van der Waals surface area contributed by atoms with Gasteiger partial charge in [-0.3, -0.25) is 0 Å². The first-order valence-electron chi connectivity index (χ1n) is 7.73. The van der Waals surface area contributed by atoms with E-state index in [2.05, 4.69) is 30.6 Å². The van der Waals surface area contributed by atoms with E-state index in [-0.39, 0.29) is 5.82 Å². The van der Waals surface area contributed by atoms with Gasteiger partial charge in [0.25, 0.3) is 0 Å². The van der Waals surface area contributed by atoms with E-state index in [1.165, 1.54) is 18.5 Å². The molecule has 0 atom stereocenters. The molecule has 0 aliphatic carbocycles. The number of aromatic amines is 1. The Hall–Kier alpha value is -3.48. The number of anilines is 3. The molecule has 7 heteroatoms. The van der Waals surface area contributed by atoms with Crippen LogP contribution in [0.25, 0.3) is 22.3 Å². The van der Waals surface area contributed by atoms with Crippen LogP contribution >= 0.6 is 0 Å². The summed E-state index contributed by atoms with van der Waals surface area (Å²) in [6.07, 6.45) is 5.00. The highest BCUT2D eigenvalue weighted by Gasteiger charge is 2.13. The summed E-state index contributed by atoms with van der Waals surface area (Å²) in [4.78, 5) is 16.1. The molecule has 0 saturated heterocycles. The van der Waals surface area contributed by atoms with Crippen LogP contribution in [0.4, 0.5) is 21.6 Å². The van der Waals surface area contributed by atoms with Crippen LogP contribution in [0.2, 0.25) is 0 Å². The molecule has 1 aromatic carbocycles. The molecule has 0 amide bonds. The van der Waals surface area contributed by atoms with Gasteiger partial charge in [0, 0.05) is 41.8 Å². The Bertz CT molecular complexity index is 1040.